The highest BCUT2D eigenvalue weighted by atomic mass is 35.5. The molecular formula is C15H13ClN4O3. The van der Waals surface area contributed by atoms with Crippen LogP contribution in [-0.2, 0) is 0 Å². The SMILES string of the molecule is Cc1nn(C(C)c2nnc(-c3ccc4c(c3)OCO4)o2)cc1Cl. The molecule has 1 aromatic carbocycles. The molecular weight excluding hydrogens is 320 g/mol. The van der Waals surface area contributed by atoms with Crippen LogP contribution in [0.3, 0.4) is 0 Å². The number of hydrogen-bond acceptors (Lipinski definition) is 6. The first-order chi connectivity index (χ1) is 11.1. The maximum absolute atomic E-state index is 6.04. The number of aromatic nitrogens is 4. The van der Waals surface area contributed by atoms with Crippen molar-refractivity contribution in [3.8, 4) is 23.0 Å². The van der Waals surface area contributed by atoms with Gasteiger partial charge in [-0.3, -0.25) is 4.68 Å². The van der Waals surface area contributed by atoms with Crippen LogP contribution in [0.15, 0.2) is 28.8 Å². The van der Waals surface area contributed by atoms with Crippen molar-refractivity contribution in [2.45, 2.75) is 19.9 Å². The molecule has 0 N–H and O–H groups in total. The number of hydrogen-bond donors (Lipinski definition) is 0. The predicted octanol–water partition coefficient (Wildman–Crippen LogP) is 3.23. The van der Waals surface area contributed by atoms with Crippen LogP contribution in [0.1, 0.15) is 24.6 Å². The zero-order chi connectivity index (χ0) is 16.0. The Hall–Kier alpha value is -2.54. The lowest BCUT2D eigenvalue weighted by Gasteiger charge is -2.06. The Morgan fingerprint density at radius 2 is 2.04 bits per heavy atom. The van der Waals surface area contributed by atoms with Crippen molar-refractivity contribution in [2.24, 2.45) is 0 Å². The van der Waals surface area contributed by atoms with Gasteiger partial charge in [-0.25, -0.2) is 0 Å². The van der Waals surface area contributed by atoms with E-state index >= 15 is 0 Å². The van der Waals surface area contributed by atoms with Gasteiger partial charge in [-0.2, -0.15) is 5.10 Å². The molecule has 0 bridgehead atoms. The zero-order valence-corrected chi connectivity index (χ0v) is 13.2. The van der Waals surface area contributed by atoms with Gasteiger partial charge in [0.2, 0.25) is 18.6 Å². The molecule has 0 saturated heterocycles. The molecule has 23 heavy (non-hydrogen) atoms. The molecule has 7 nitrogen and oxygen atoms in total. The van der Waals surface area contributed by atoms with E-state index in [9.17, 15) is 0 Å². The largest absolute Gasteiger partial charge is 0.454 e. The summed E-state index contributed by atoms with van der Waals surface area (Å²) in [5.74, 6) is 2.25. The third-order valence-corrected chi connectivity index (χ3v) is 4.04. The van der Waals surface area contributed by atoms with Gasteiger partial charge < -0.3 is 13.9 Å². The molecule has 1 atom stereocenters. The third-order valence-electron chi connectivity index (χ3n) is 3.67. The number of ether oxygens (including phenoxy) is 2. The fraction of sp³-hybridized carbons (Fsp3) is 0.267. The Morgan fingerprint density at radius 1 is 1.22 bits per heavy atom. The Kier molecular flexibility index (Phi) is 3.23. The lowest BCUT2D eigenvalue weighted by Crippen LogP contribution is -2.07. The minimum atomic E-state index is -0.212. The van der Waals surface area contributed by atoms with E-state index < -0.39 is 0 Å². The molecule has 0 amide bonds. The smallest absolute Gasteiger partial charge is 0.248 e. The molecule has 3 aromatic rings. The summed E-state index contributed by atoms with van der Waals surface area (Å²) in [6.07, 6.45) is 1.74. The minimum Gasteiger partial charge on any atom is -0.454 e. The van der Waals surface area contributed by atoms with Crippen LogP contribution < -0.4 is 9.47 Å². The number of rotatable bonds is 3. The lowest BCUT2D eigenvalue weighted by molar-refractivity contribution is 0.174. The number of nitrogens with zero attached hydrogens (tertiary/aromatic N) is 4. The van der Waals surface area contributed by atoms with Gasteiger partial charge in [0.1, 0.15) is 6.04 Å². The van der Waals surface area contributed by atoms with Gasteiger partial charge in [0, 0.05) is 11.8 Å². The number of fused-ring (bicyclic) bond motifs is 1. The van der Waals surface area contributed by atoms with Crippen LogP contribution in [0.2, 0.25) is 5.02 Å². The Labute approximate surface area is 136 Å². The molecule has 1 unspecified atom stereocenters. The first-order valence-electron chi connectivity index (χ1n) is 7.06. The van der Waals surface area contributed by atoms with Gasteiger partial charge in [-0.05, 0) is 32.0 Å². The monoisotopic (exact) mass is 332 g/mol. The molecule has 8 heteroatoms. The van der Waals surface area contributed by atoms with E-state index in [1.54, 1.807) is 10.9 Å². The molecule has 4 rings (SSSR count). The highest BCUT2D eigenvalue weighted by Gasteiger charge is 2.20. The van der Waals surface area contributed by atoms with Gasteiger partial charge in [0.15, 0.2) is 11.5 Å². The fourth-order valence-electron chi connectivity index (χ4n) is 2.32. The normalized spacial score (nSPS) is 14.2. The summed E-state index contributed by atoms with van der Waals surface area (Å²) in [7, 11) is 0. The molecule has 1 aliphatic rings. The van der Waals surface area contributed by atoms with Gasteiger partial charge >= 0.3 is 0 Å². The summed E-state index contributed by atoms with van der Waals surface area (Å²) >= 11 is 6.04. The topological polar surface area (TPSA) is 75.2 Å². The van der Waals surface area contributed by atoms with E-state index in [0.29, 0.717) is 28.3 Å². The number of halogens is 1. The Morgan fingerprint density at radius 3 is 2.83 bits per heavy atom. The van der Waals surface area contributed by atoms with Crippen molar-refractivity contribution >= 4 is 11.6 Å². The summed E-state index contributed by atoms with van der Waals surface area (Å²) in [4.78, 5) is 0. The molecule has 0 saturated carbocycles. The van der Waals surface area contributed by atoms with Crippen molar-refractivity contribution in [3.05, 3.63) is 41.0 Å². The second-order valence-corrected chi connectivity index (χ2v) is 5.64. The highest BCUT2D eigenvalue weighted by Crippen LogP contribution is 2.35. The molecule has 1 aliphatic heterocycles. The minimum absolute atomic E-state index is 0.212. The second kappa shape index (κ2) is 5.27. The van der Waals surface area contributed by atoms with Gasteiger partial charge in [-0.1, -0.05) is 11.6 Å². The van der Waals surface area contributed by atoms with Crippen molar-refractivity contribution in [1.29, 1.82) is 0 Å². The fourth-order valence-corrected chi connectivity index (χ4v) is 2.46. The number of aryl methyl sites for hydroxylation is 1. The lowest BCUT2D eigenvalue weighted by atomic mass is 10.2. The average molecular weight is 333 g/mol. The van der Waals surface area contributed by atoms with Crippen LogP contribution in [-0.4, -0.2) is 26.8 Å². The van der Waals surface area contributed by atoms with Crippen LogP contribution in [0.25, 0.3) is 11.5 Å². The highest BCUT2D eigenvalue weighted by molar-refractivity contribution is 6.31. The summed E-state index contributed by atoms with van der Waals surface area (Å²) in [5, 5.41) is 13.1. The molecule has 0 fully saturated rings. The van der Waals surface area contributed by atoms with Crippen LogP contribution in [0.4, 0.5) is 0 Å². The summed E-state index contributed by atoms with van der Waals surface area (Å²) in [6, 6.07) is 5.28. The molecule has 118 valence electrons. The maximum atomic E-state index is 6.04. The van der Waals surface area contributed by atoms with Gasteiger partial charge in [0.05, 0.1) is 10.7 Å². The van der Waals surface area contributed by atoms with Crippen molar-refractivity contribution in [1.82, 2.24) is 20.0 Å². The zero-order valence-electron chi connectivity index (χ0n) is 12.5. The Bertz CT molecular complexity index is 854. The molecule has 0 spiro atoms. The predicted molar refractivity (Wildman–Crippen MR) is 81.6 cm³/mol. The van der Waals surface area contributed by atoms with Crippen LogP contribution >= 0.6 is 11.6 Å². The van der Waals surface area contributed by atoms with Crippen molar-refractivity contribution in [2.75, 3.05) is 6.79 Å². The summed E-state index contributed by atoms with van der Waals surface area (Å²) in [5.41, 5.74) is 1.53. The van der Waals surface area contributed by atoms with E-state index in [0.717, 1.165) is 11.3 Å². The first kappa shape index (κ1) is 14.1. The summed E-state index contributed by atoms with van der Waals surface area (Å²) < 4.78 is 18.1. The van der Waals surface area contributed by atoms with E-state index in [4.69, 9.17) is 25.5 Å². The molecule has 2 aromatic heterocycles. The average Bonchev–Trinajstić information content (AvgIpc) is 3.26. The standard InChI is InChI=1S/C15H13ClN4O3/c1-8-11(16)6-20(19-8)9(2)14-17-18-15(23-14)10-3-4-12-13(5-10)22-7-21-12/h3-6,9H,7H2,1-2H3. The van der Waals surface area contributed by atoms with Gasteiger partial charge in [0.25, 0.3) is 0 Å². The molecule has 0 aliphatic carbocycles. The van der Waals surface area contributed by atoms with E-state index in [1.807, 2.05) is 32.0 Å². The quantitative estimate of drug-likeness (QED) is 0.733. The van der Waals surface area contributed by atoms with E-state index in [-0.39, 0.29) is 12.8 Å². The van der Waals surface area contributed by atoms with Crippen LogP contribution in [0.5, 0.6) is 11.5 Å². The van der Waals surface area contributed by atoms with Gasteiger partial charge in [-0.15, -0.1) is 10.2 Å². The van der Waals surface area contributed by atoms with Crippen molar-refractivity contribution < 1.29 is 13.9 Å². The third kappa shape index (κ3) is 2.43. The van der Waals surface area contributed by atoms with Crippen molar-refractivity contribution in [3.63, 3.8) is 0 Å². The summed E-state index contributed by atoms with van der Waals surface area (Å²) in [6.45, 7) is 3.99. The van der Waals surface area contributed by atoms with E-state index in [1.165, 1.54) is 0 Å². The number of benzene rings is 1. The second-order valence-electron chi connectivity index (χ2n) is 5.23. The maximum Gasteiger partial charge on any atom is 0.248 e. The Balaban J connectivity index is 1.63. The van der Waals surface area contributed by atoms with E-state index in [2.05, 4.69) is 15.3 Å². The molecule has 0 radical (unpaired) electrons. The first-order valence-corrected chi connectivity index (χ1v) is 7.44. The molecule has 3 heterocycles. The van der Waals surface area contributed by atoms with Crippen LogP contribution in [0, 0.1) is 6.92 Å².